The molecule has 1 fully saturated rings. The van der Waals surface area contributed by atoms with Gasteiger partial charge in [0.05, 0.1) is 11.5 Å². The lowest BCUT2D eigenvalue weighted by molar-refractivity contribution is -0.164. The predicted molar refractivity (Wildman–Crippen MR) is 113 cm³/mol. The summed E-state index contributed by atoms with van der Waals surface area (Å²) in [5.41, 5.74) is 4.75. The van der Waals surface area contributed by atoms with Crippen molar-refractivity contribution >= 4 is 46.3 Å². The number of benzene rings is 2. The van der Waals surface area contributed by atoms with Gasteiger partial charge in [-0.2, -0.15) is 0 Å². The van der Waals surface area contributed by atoms with Crippen LogP contribution in [0.4, 0.5) is 0 Å². The average molecular weight is 426 g/mol. The van der Waals surface area contributed by atoms with Crippen molar-refractivity contribution in [3.63, 3.8) is 0 Å². The van der Waals surface area contributed by atoms with Gasteiger partial charge >= 0.3 is 23.9 Å². The third-order valence-electron chi connectivity index (χ3n) is 7.90. The summed E-state index contributed by atoms with van der Waals surface area (Å²) >= 11 is 0. The maximum absolute atomic E-state index is 12.7. The van der Waals surface area contributed by atoms with Crippen molar-refractivity contribution in [3.05, 3.63) is 56.5 Å². The van der Waals surface area contributed by atoms with Gasteiger partial charge in [0.15, 0.2) is 0 Å². The van der Waals surface area contributed by atoms with Crippen LogP contribution in [0.1, 0.15) is 71.5 Å². The fourth-order valence-corrected chi connectivity index (χ4v) is 6.75. The van der Waals surface area contributed by atoms with Gasteiger partial charge in [-0.05, 0) is 63.4 Å². The Hall–Kier alpha value is -3.54. The fraction of sp³-hybridized carbons (Fsp3) is 0.308. The Kier molecular flexibility index (Phi) is 3.18. The molecule has 7 rings (SSSR count). The molecule has 3 aliphatic carbocycles. The Morgan fingerprint density at radius 2 is 1.66 bits per heavy atom. The normalized spacial score (nSPS) is 29.2. The zero-order chi connectivity index (χ0) is 22.0. The molecule has 1 saturated heterocycles. The van der Waals surface area contributed by atoms with E-state index in [0.717, 1.165) is 32.7 Å². The predicted octanol–water partition coefficient (Wildman–Crippen LogP) is 2.21. The second-order valence-corrected chi connectivity index (χ2v) is 9.54. The van der Waals surface area contributed by atoms with Gasteiger partial charge in [0.1, 0.15) is 0 Å². The van der Waals surface area contributed by atoms with Crippen LogP contribution < -0.4 is 10.4 Å². The molecule has 5 aliphatic rings. The summed E-state index contributed by atoms with van der Waals surface area (Å²) in [5.74, 6) is -2.79. The Morgan fingerprint density at radius 1 is 0.844 bits per heavy atom. The minimum absolute atomic E-state index is 0.0180. The van der Waals surface area contributed by atoms with Crippen molar-refractivity contribution < 1.29 is 28.7 Å². The Balaban J connectivity index is 1.73. The van der Waals surface area contributed by atoms with Gasteiger partial charge in [-0.1, -0.05) is 32.1 Å². The van der Waals surface area contributed by atoms with Crippen LogP contribution in [0.15, 0.2) is 23.8 Å². The first-order chi connectivity index (χ1) is 15.4. The summed E-state index contributed by atoms with van der Waals surface area (Å²) in [5, 5.41) is 3.66. The first kappa shape index (κ1) is 18.1. The molecular formula is C26H18O6. The summed E-state index contributed by atoms with van der Waals surface area (Å²) < 4.78 is 10.1. The number of fused-ring (bicyclic) bond motifs is 2. The van der Waals surface area contributed by atoms with Crippen LogP contribution in [0, 0.1) is 5.92 Å². The number of cyclic esters (lactones) is 4. The maximum Gasteiger partial charge on any atom is 0.346 e. The van der Waals surface area contributed by atoms with Crippen LogP contribution in [0.25, 0.3) is 22.4 Å². The molecule has 4 atom stereocenters. The van der Waals surface area contributed by atoms with Crippen LogP contribution in [0.3, 0.4) is 0 Å². The second kappa shape index (κ2) is 5.63. The van der Waals surface area contributed by atoms with Crippen LogP contribution in [-0.2, 0) is 23.9 Å². The number of ether oxygens (including phenoxy) is 2. The molecule has 0 spiro atoms. The molecule has 0 amide bonds. The van der Waals surface area contributed by atoms with Gasteiger partial charge in [0.25, 0.3) is 0 Å². The highest BCUT2D eigenvalue weighted by Gasteiger charge is 2.49. The van der Waals surface area contributed by atoms with E-state index < -0.39 is 23.9 Å². The number of carbonyl (C=O) groups excluding carboxylic acids is 4. The van der Waals surface area contributed by atoms with Gasteiger partial charge in [0.2, 0.25) is 0 Å². The maximum atomic E-state index is 12.7. The summed E-state index contributed by atoms with van der Waals surface area (Å²) in [6.45, 7) is 4.16. The SMILES string of the molecule is CC1CC2C(=O)OC(=O)C3=CC=c4c(c1c1ccc5c6c1c4C(C)CC=6C(=O)OC5=O)C32. The van der Waals surface area contributed by atoms with Gasteiger partial charge in [-0.25, -0.2) is 14.4 Å². The first-order valence-electron chi connectivity index (χ1n) is 11.0. The van der Waals surface area contributed by atoms with E-state index in [1.165, 1.54) is 0 Å². The molecule has 0 bridgehead atoms. The number of rotatable bonds is 0. The van der Waals surface area contributed by atoms with E-state index in [9.17, 15) is 19.2 Å². The van der Waals surface area contributed by atoms with Gasteiger partial charge in [0, 0.05) is 22.3 Å². The molecule has 32 heavy (non-hydrogen) atoms. The first-order valence-corrected chi connectivity index (χ1v) is 11.0. The van der Waals surface area contributed by atoms with Crippen molar-refractivity contribution in [2.75, 3.05) is 0 Å². The molecule has 158 valence electrons. The number of hydrogen-bond acceptors (Lipinski definition) is 6. The third-order valence-corrected chi connectivity index (χ3v) is 7.90. The molecule has 0 N–H and O–H groups in total. The van der Waals surface area contributed by atoms with Gasteiger partial charge in [-0.3, -0.25) is 4.79 Å². The van der Waals surface area contributed by atoms with Gasteiger partial charge in [-0.15, -0.1) is 0 Å². The Labute approximate surface area is 182 Å². The number of hydrogen-bond donors (Lipinski definition) is 0. The molecular weight excluding hydrogens is 408 g/mol. The summed E-state index contributed by atoms with van der Waals surface area (Å²) in [7, 11) is 0. The van der Waals surface area contributed by atoms with Crippen LogP contribution in [0.5, 0.6) is 0 Å². The van der Waals surface area contributed by atoms with Crippen molar-refractivity contribution in [3.8, 4) is 0 Å². The van der Waals surface area contributed by atoms with Crippen LogP contribution >= 0.6 is 0 Å². The zero-order valence-corrected chi connectivity index (χ0v) is 17.5. The smallest absolute Gasteiger partial charge is 0.346 e. The van der Waals surface area contributed by atoms with E-state index >= 15 is 0 Å². The quantitative estimate of drug-likeness (QED) is 0.474. The van der Waals surface area contributed by atoms with E-state index in [4.69, 9.17) is 9.47 Å². The van der Waals surface area contributed by atoms with Crippen molar-refractivity contribution in [2.24, 2.45) is 5.92 Å². The number of carbonyl (C=O) groups is 4. The minimum Gasteiger partial charge on any atom is -0.389 e. The summed E-state index contributed by atoms with van der Waals surface area (Å²) in [6, 6.07) is 3.69. The highest BCUT2D eigenvalue weighted by Crippen LogP contribution is 2.51. The lowest BCUT2D eigenvalue weighted by Gasteiger charge is -2.42. The molecule has 2 heterocycles. The Morgan fingerprint density at radius 3 is 2.47 bits per heavy atom. The molecule has 2 aliphatic heterocycles. The van der Waals surface area contributed by atoms with E-state index in [2.05, 4.69) is 13.8 Å². The number of esters is 4. The second-order valence-electron chi connectivity index (χ2n) is 9.54. The van der Waals surface area contributed by atoms with E-state index in [-0.39, 0.29) is 23.7 Å². The standard InChI is InChI=1S/C26H18O6/c1-9-7-15-19-13(23(27)31-25(15)29)6-4-12-18-10(2)8-16-20-14(24(28)32-26(16)30)5-3-11(22(18)20)17(9)21(12)19/h3-6,9-10,15,19H,7-8H2,1-2H3. The lowest BCUT2D eigenvalue weighted by Crippen LogP contribution is -2.45. The molecule has 0 aromatic heterocycles. The third kappa shape index (κ3) is 1.92. The fourth-order valence-electron chi connectivity index (χ4n) is 6.75. The molecule has 6 nitrogen and oxygen atoms in total. The molecule has 0 saturated carbocycles. The van der Waals surface area contributed by atoms with Crippen LogP contribution in [-0.4, -0.2) is 23.9 Å². The molecule has 2 aromatic carbocycles. The van der Waals surface area contributed by atoms with Crippen LogP contribution in [0.2, 0.25) is 0 Å². The van der Waals surface area contributed by atoms with E-state index in [1.54, 1.807) is 12.1 Å². The zero-order valence-electron chi connectivity index (χ0n) is 17.5. The number of allylic oxidation sites excluding steroid dienone is 1. The monoisotopic (exact) mass is 426 g/mol. The molecule has 2 aromatic rings. The molecule has 4 unspecified atom stereocenters. The summed E-state index contributed by atoms with van der Waals surface area (Å²) in [6.07, 6.45) is 4.80. The van der Waals surface area contributed by atoms with Crippen molar-refractivity contribution in [1.29, 1.82) is 0 Å². The Bertz CT molecular complexity index is 1540. The minimum atomic E-state index is -0.609. The average Bonchev–Trinajstić information content (AvgIpc) is 2.76. The van der Waals surface area contributed by atoms with Crippen molar-refractivity contribution in [1.82, 2.24) is 0 Å². The topological polar surface area (TPSA) is 86.7 Å². The van der Waals surface area contributed by atoms with Gasteiger partial charge < -0.3 is 9.47 Å². The largest absolute Gasteiger partial charge is 0.389 e. The van der Waals surface area contributed by atoms with E-state index in [0.29, 0.717) is 34.8 Å². The summed E-state index contributed by atoms with van der Waals surface area (Å²) in [4.78, 5) is 50.3. The highest BCUT2D eigenvalue weighted by atomic mass is 16.6. The molecule has 6 heteroatoms. The molecule has 0 radical (unpaired) electrons. The van der Waals surface area contributed by atoms with Crippen molar-refractivity contribution in [2.45, 2.75) is 44.4 Å². The lowest BCUT2D eigenvalue weighted by atomic mass is 9.62. The van der Waals surface area contributed by atoms with E-state index in [1.807, 2.05) is 12.1 Å². The highest BCUT2D eigenvalue weighted by molar-refractivity contribution is 6.22.